The number of nitrogens with one attached hydrogen (secondary N) is 1. The van der Waals surface area contributed by atoms with Gasteiger partial charge in [-0.3, -0.25) is 4.79 Å². The molecule has 0 bridgehead atoms. The molecule has 0 heterocycles. The summed E-state index contributed by atoms with van der Waals surface area (Å²) in [5.74, 6) is 1.30. The Morgan fingerprint density at radius 2 is 1.87 bits per heavy atom. The van der Waals surface area contributed by atoms with Crippen LogP contribution >= 0.6 is 15.9 Å². The highest BCUT2D eigenvalue weighted by Crippen LogP contribution is 2.24. The minimum atomic E-state index is -0.150. The highest BCUT2D eigenvalue weighted by molar-refractivity contribution is 9.10. The Morgan fingerprint density at radius 1 is 1.17 bits per heavy atom. The highest BCUT2D eigenvalue weighted by atomic mass is 79.9. The molecule has 0 aromatic heterocycles. The summed E-state index contributed by atoms with van der Waals surface area (Å²) in [7, 11) is 1.63. The van der Waals surface area contributed by atoms with Crippen LogP contribution in [0.15, 0.2) is 53.0 Å². The second-order valence-electron chi connectivity index (χ2n) is 5.02. The van der Waals surface area contributed by atoms with Gasteiger partial charge in [0.25, 0.3) is 5.91 Å². The Hall–Kier alpha value is -2.01. The van der Waals surface area contributed by atoms with E-state index in [1.165, 1.54) is 0 Å². The van der Waals surface area contributed by atoms with Gasteiger partial charge < -0.3 is 14.8 Å². The van der Waals surface area contributed by atoms with E-state index in [4.69, 9.17) is 9.47 Å². The van der Waals surface area contributed by atoms with Crippen LogP contribution < -0.4 is 14.8 Å². The molecule has 2 aromatic rings. The van der Waals surface area contributed by atoms with Crippen molar-refractivity contribution >= 4 is 21.8 Å². The van der Waals surface area contributed by atoms with Crippen molar-refractivity contribution in [2.75, 3.05) is 13.7 Å². The summed E-state index contributed by atoms with van der Waals surface area (Å²) in [6.07, 6.45) is 0.799. The first kappa shape index (κ1) is 17.3. The fraction of sp³-hybridized carbons (Fsp3) is 0.278. The molecule has 0 spiro atoms. The Kier molecular flexibility index (Phi) is 6.47. The quantitative estimate of drug-likeness (QED) is 0.789. The summed E-state index contributed by atoms with van der Waals surface area (Å²) >= 11 is 3.39. The predicted octanol–water partition coefficient (Wildman–Crippen LogP) is 4.10. The van der Waals surface area contributed by atoms with Crippen molar-refractivity contribution in [2.45, 2.75) is 19.4 Å². The minimum Gasteiger partial charge on any atom is -0.497 e. The van der Waals surface area contributed by atoms with Gasteiger partial charge in [0.2, 0.25) is 0 Å². The number of para-hydroxylation sites is 1. The van der Waals surface area contributed by atoms with Crippen molar-refractivity contribution in [3.05, 3.63) is 58.6 Å². The van der Waals surface area contributed by atoms with E-state index < -0.39 is 0 Å². The lowest BCUT2D eigenvalue weighted by Gasteiger charge is -2.18. The number of halogens is 1. The normalized spacial score (nSPS) is 11.6. The average molecular weight is 378 g/mol. The van der Waals surface area contributed by atoms with Gasteiger partial charge in [0.15, 0.2) is 6.61 Å². The average Bonchev–Trinajstić information content (AvgIpc) is 2.59. The van der Waals surface area contributed by atoms with Crippen molar-refractivity contribution in [2.24, 2.45) is 0 Å². The molecule has 2 aromatic carbocycles. The van der Waals surface area contributed by atoms with Gasteiger partial charge in [0, 0.05) is 0 Å². The van der Waals surface area contributed by atoms with Crippen molar-refractivity contribution in [1.82, 2.24) is 5.32 Å². The van der Waals surface area contributed by atoms with E-state index in [9.17, 15) is 4.79 Å². The molecule has 1 atom stereocenters. The molecule has 0 saturated heterocycles. The zero-order chi connectivity index (χ0) is 16.7. The Balaban J connectivity index is 1.92. The number of methoxy groups -OCH3 is 1. The fourth-order valence-electron chi connectivity index (χ4n) is 2.20. The second-order valence-corrected chi connectivity index (χ2v) is 5.87. The number of hydrogen-bond donors (Lipinski definition) is 1. The lowest BCUT2D eigenvalue weighted by atomic mass is 10.0. The predicted molar refractivity (Wildman–Crippen MR) is 93.8 cm³/mol. The fourth-order valence-corrected chi connectivity index (χ4v) is 2.60. The van der Waals surface area contributed by atoms with Crippen molar-refractivity contribution in [3.8, 4) is 11.5 Å². The summed E-state index contributed by atoms with van der Waals surface area (Å²) < 4.78 is 11.5. The maximum atomic E-state index is 12.1. The lowest BCUT2D eigenvalue weighted by molar-refractivity contribution is -0.123. The molecule has 1 amide bonds. The summed E-state index contributed by atoms with van der Waals surface area (Å²) in [5.41, 5.74) is 1.04. The van der Waals surface area contributed by atoms with Crippen LogP contribution in [-0.4, -0.2) is 19.6 Å². The molecule has 0 radical (unpaired) electrons. The SMILES string of the molecule is CCC(NC(=O)COc1ccccc1Br)c1ccc(OC)cc1. The number of carbonyl (C=O) groups excluding carboxylic acids is 1. The summed E-state index contributed by atoms with van der Waals surface area (Å²) in [5, 5.41) is 2.99. The van der Waals surface area contributed by atoms with Gasteiger partial charge in [0.1, 0.15) is 11.5 Å². The molecule has 2 rings (SSSR count). The van der Waals surface area contributed by atoms with Gasteiger partial charge in [-0.1, -0.05) is 31.2 Å². The van der Waals surface area contributed by atoms with Crippen LogP contribution in [-0.2, 0) is 4.79 Å². The smallest absolute Gasteiger partial charge is 0.258 e. The van der Waals surface area contributed by atoms with Crippen LogP contribution in [0.4, 0.5) is 0 Å². The topological polar surface area (TPSA) is 47.6 Å². The number of benzene rings is 2. The first-order valence-electron chi connectivity index (χ1n) is 7.44. The molecule has 0 aliphatic heterocycles. The van der Waals surface area contributed by atoms with Crippen LogP contribution in [0, 0.1) is 0 Å². The summed E-state index contributed by atoms with van der Waals surface area (Å²) in [4.78, 5) is 12.1. The third-order valence-corrected chi connectivity index (χ3v) is 4.11. The van der Waals surface area contributed by atoms with E-state index in [2.05, 4.69) is 21.2 Å². The molecule has 4 nitrogen and oxygen atoms in total. The number of rotatable bonds is 7. The van der Waals surface area contributed by atoms with E-state index >= 15 is 0 Å². The van der Waals surface area contributed by atoms with E-state index in [1.807, 2.05) is 55.5 Å². The standard InChI is InChI=1S/C18H20BrNO3/c1-3-16(13-8-10-14(22-2)11-9-13)20-18(21)12-23-17-7-5-4-6-15(17)19/h4-11,16H,3,12H2,1-2H3,(H,20,21). The second kappa shape index (κ2) is 8.58. The molecule has 1 unspecified atom stereocenters. The third kappa shape index (κ3) is 4.99. The number of ether oxygens (including phenoxy) is 2. The molecule has 122 valence electrons. The maximum Gasteiger partial charge on any atom is 0.258 e. The van der Waals surface area contributed by atoms with E-state index in [-0.39, 0.29) is 18.6 Å². The Labute approximate surface area is 144 Å². The lowest BCUT2D eigenvalue weighted by Crippen LogP contribution is -2.32. The van der Waals surface area contributed by atoms with Crippen LogP contribution in [0.2, 0.25) is 0 Å². The first-order chi connectivity index (χ1) is 11.1. The van der Waals surface area contributed by atoms with Gasteiger partial charge in [0.05, 0.1) is 17.6 Å². The third-order valence-electron chi connectivity index (χ3n) is 3.46. The maximum absolute atomic E-state index is 12.1. The largest absolute Gasteiger partial charge is 0.497 e. The first-order valence-corrected chi connectivity index (χ1v) is 8.24. The van der Waals surface area contributed by atoms with Gasteiger partial charge in [-0.15, -0.1) is 0 Å². The zero-order valence-corrected chi connectivity index (χ0v) is 14.8. The van der Waals surface area contributed by atoms with Gasteiger partial charge >= 0.3 is 0 Å². The van der Waals surface area contributed by atoms with Gasteiger partial charge in [-0.25, -0.2) is 0 Å². The molecule has 0 aliphatic carbocycles. The molecule has 0 aliphatic rings. The molecule has 23 heavy (non-hydrogen) atoms. The highest BCUT2D eigenvalue weighted by Gasteiger charge is 2.13. The summed E-state index contributed by atoms with van der Waals surface area (Å²) in [6.45, 7) is 2.01. The molecule has 0 saturated carbocycles. The zero-order valence-electron chi connectivity index (χ0n) is 13.2. The number of hydrogen-bond acceptors (Lipinski definition) is 3. The molecule has 5 heteroatoms. The van der Waals surface area contributed by atoms with E-state index in [1.54, 1.807) is 7.11 Å². The van der Waals surface area contributed by atoms with E-state index in [0.717, 1.165) is 22.2 Å². The van der Waals surface area contributed by atoms with Crippen molar-refractivity contribution in [3.63, 3.8) is 0 Å². The number of amides is 1. The Morgan fingerprint density at radius 3 is 2.48 bits per heavy atom. The van der Waals surface area contributed by atoms with Crippen molar-refractivity contribution in [1.29, 1.82) is 0 Å². The molecule has 0 fully saturated rings. The van der Waals surface area contributed by atoms with Crippen LogP contribution in [0.25, 0.3) is 0 Å². The van der Waals surface area contributed by atoms with Crippen LogP contribution in [0.1, 0.15) is 24.9 Å². The minimum absolute atomic E-state index is 0.0186. The van der Waals surface area contributed by atoms with Gasteiger partial charge in [-0.2, -0.15) is 0 Å². The van der Waals surface area contributed by atoms with E-state index in [0.29, 0.717) is 5.75 Å². The molecular formula is C18H20BrNO3. The number of carbonyl (C=O) groups is 1. The Bertz CT molecular complexity index is 643. The summed E-state index contributed by atoms with van der Waals surface area (Å²) in [6, 6.07) is 15.1. The van der Waals surface area contributed by atoms with Crippen LogP contribution in [0.5, 0.6) is 11.5 Å². The molecule has 1 N–H and O–H groups in total. The monoisotopic (exact) mass is 377 g/mol. The molecular weight excluding hydrogens is 358 g/mol. The van der Waals surface area contributed by atoms with Crippen LogP contribution in [0.3, 0.4) is 0 Å². The van der Waals surface area contributed by atoms with Gasteiger partial charge in [-0.05, 0) is 52.2 Å². The van der Waals surface area contributed by atoms with Crippen molar-refractivity contribution < 1.29 is 14.3 Å².